The van der Waals surface area contributed by atoms with Gasteiger partial charge in [-0.1, -0.05) is 0 Å². The molecule has 0 fully saturated rings. The Labute approximate surface area is 92.2 Å². The third kappa shape index (κ3) is 2.80. The molecule has 0 aliphatic heterocycles. The first-order valence-corrected chi connectivity index (χ1v) is 4.71. The van der Waals surface area contributed by atoms with Gasteiger partial charge in [0.15, 0.2) is 0 Å². The first kappa shape index (κ1) is 12.2. The molecule has 88 valence electrons. The Morgan fingerprint density at radius 3 is 2.75 bits per heavy atom. The van der Waals surface area contributed by atoms with E-state index in [4.69, 9.17) is 5.73 Å². The van der Waals surface area contributed by atoms with Gasteiger partial charge in [-0.3, -0.25) is 14.9 Å². The number of hydrogen-bond acceptors (Lipinski definition) is 4. The molecule has 1 aromatic rings. The molecule has 0 saturated carbocycles. The molecule has 16 heavy (non-hydrogen) atoms. The van der Waals surface area contributed by atoms with Crippen LogP contribution in [0, 0.1) is 10.1 Å². The summed E-state index contributed by atoms with van der Waals surface area (Å²) < 4.78 is 0. The summed E-state index contributed by atoms with van der Waals surface area (Å²) in [6.07, 6.45) is 1.17. The number of amides is 1. The molecular formula is C9H14N4O3. The zero-order valence-corrected chi connectivity index (χ0v) is 9.11. The van der Waals surface area contributed by atoms with Crippen LogP contribution in [0.3, 0.4) is 0 Å². The van der Waals surface area contributed by atoms with Crippen molar-refractivity contribution in [1.82, 2.24) is 10.3 Å². The van der Waals surface area contributed by atoms with Crippen LogP contribution in [0.5, 0.6) is 0 Å². The van der Waals surface area contributed by atoms with E-state index in [2.05, 4.69) is 10.3 Å². The molecule has 1 aromatic heterocycles. The highest BCUT2D eigenvalue weighted by atomic mass is 16.6. The molecule has 0 atom stereocenters. The van der Waals surface area contributed by atoms with Crippen molar-refractivity contribution in [2.75, 3.05) is 6.54 Å². The maximum atomic E-state index is 11.6. The highest BCUT2D eigenvalue weighted by molar-refractivity contribution is 5.93. The van der Waals surface area contributed by atoms with Gasteiger partial charge in [-0.25, -0.2) is 0 Å². The summed E-state index contributed by atoms with van der Waals surface area (Å²) in [6, 6.07) is 1.18. The summed E-state index contributed by atoms with van der Waals surface area (Å²) in [7, 11) is 0. The average Bonchev–Trinajstić information content (AvgIpc) is 2.66. The van der Waals surface area contributed by atoms with E-state index in [1.54, 1.807) is 13.8 Å². The average molecular weight is 226 g/mol. The minimum atomic E-state index is -0.568. The second-order valence-corrected chi connectivity index (χ2v) is 4.07. The molecule has 0 saturated heterocycles. The number of carbonyl (C=O) groups is 1. The van der Waals surface area contributed by atoms with E-state index < -0.39 is 16.4 Å². The van der Waals surface area contributed by atoms with Gasteiger partial charge in [0, 0.05) is 18.2 Å². The molecule has 0 unspecified atom stereocenters. The topological polar surface area (TPSA) is 114 Å². The number of aromatic amines is 1. The Morgan fingerprint density at radius 2 is 2.31 bits per heavy atom. The van der Waals surface area contributed by atoms with E-state index in [9.17, 15) is 14.9 Å². The van der Waals surface area contributed by atoms with E-state index in [0.717, 1.165) is 0 Å². The molecule has 1 amide bonds. The van der Waals surface area contributed by atoms with Crippen molar-refractivity contribution in [2.24, 2.45) is 5.73 Å². The van der Waals surface area contributed by atoms with Crippen LogP contribution in [-0.4, -0.2) is 27.9 Å². The number of nitrogens with two attached hydrogens (primary N) is 1. The van der Waals surface area contributed by atoms with Crippen LogP contribution >= 0.6 is 0 Å². The Hall–Kier alpha value is -1.89. The molecule has 0 radical (unpaired) electrons. The van der Waals surface area contributed by atoms with Gasteiger partial charge >= 0.3 is 0 Å². The van der Waals surface area contributed by atoms with E-state index in [-0.39, 0.29) is 17.9 Å². The van der Waals surface area contributed by atoms with Gasteiger partial charge in [-0.05, 0) is 13.8 Å². The number of aromatic nitrogens is 1. The van der Waals surface area contributed by atoms with Crippen LogP contribution in [0.2, 0.25) is 0 Å². The SMILES string of the molecule is CC(C)(CN)NC(=O)c1cc([N+](=O)[O-])c[nH]1. The molecule has 0 bridgehead atoms. The lowest BCUT2D eigenvalue weighted by Crippen LogP contribution is -2.48. The van der Waals surface area contributed by atoms with E-state index in [1.165, 1.54) is 12.3 Å². The zero-order valence-electron chi connectivity index (χ0n) is 9.11. The Morgan fingerprint density at radius 1 is 1.69 bits per heavy atom. The van der Waals surface area contributed by atoms with Gasteiger partial charge in [0.1, 0.15) is 5.69 Å². The van der Waals surface area contributed by atoms with Gasteiger partial charge in [0.25, 0.3) is 11.6 Å². The number of H-pyrrole nitrogens is 1. The minimum absolute atomic E-state index is 0.143. The highest BCUT2D eigenvalue weighted by Crippen LogP contribution is 2.12. The smallest absolute Gasteiger partial charge is 0.287 e. The summed E-state index contributed by atoms with van der Waals surface area (Å²) in [5.74, 6) is -0.413. The molecular weight excluding hydrogens is 212 g/mol. The van der Waals surface area contributed by atoms with Crippen molar-refractivity contribution in [2.45, 2.75) is 19.4 Å². The predicted molar refractivity (Wildman–Crippen MR) is 58.0 cm³/mol. The molecule has 7 heteroatoms. The molecule has 1 heterocycles. The van der Waals surface area contributed by atoms with E-state index >= 15 is 0 Å². The Bertz CT molecular complexity index is 411. The van der Waals surface area contributed by atoms with Gasteiger partial charge in [0.2, 0.25) is 0 Å². The molecule has 0 spiro atoms. The standard InChI is InChI=1S/C9H14N4O3/c1-9(2,5-10)12-8(14)7-3-6(4-11-7)13(15)16/h3-4,11H,5,10H2,1-2H3,(H,12,14). The van der Waals surface area contributed by atoms with Crippen LogP contribution in [-0.2, 0) is 0 Å². The maximum Gasteiger partial charge on any atom is 0.287 e. The summed E-state index contributed by atoms with van der Waals surface area (Å²) in [4.78, 5) is 24.0. The van der Waals surface area contributed by atoms with Crippen molar-refractivity contribution in [3.05, 3.63) is 28.1 Å². The number of nitro groups is 1. The van der Waals surface area contributed by atoms with Crippen molar-refractivity contribution in [3.63, 3.8) is 0 Å². The molecule has 0 aromatic carbocycles. The quantitative estimate of drug-likeness (QED) is 0.508. The zero-order chi connectivity index (χ0) is 12.3. The fraction of sp³-hybridized carbons (Fsp3) is 0.444. The summed E-state index contributed by atoms with van der Waals surface area (Å²) in [5.41, 5.74) is 4.91. The maximum absolute atomic E-state index is 11.6. The van der Waals surface area contributed by atoms with Crippen molar-refractivity contribution in [1.29, 1.82) is 0 Å². The number of nitrogens with zero attached hydrogens (tertiary/aromatic N) is 1. The third-order valence-electron chi connectivity index (χ3n) is 2.09. The van der Waals surface area contributed by atoms with Crippen molar-refractivity contribution >= 4 is 11.6 Å². The lowest BCUT2D eigenvalue weighted by molar-refractivity contribution is -0.384. The largest absolute Gasteiger partial charge is 0.351 e. The fourth-order valence-corrected chi connectivity index (χ4v) is 1.05. The normalized spacial score (nSPS) is 11.2. The highest BCUT2D eigenvalue weighted by Gasteiger charge is 2.21. The predicted octanol–water partition coefficient (Wildman–Crippen LogP) is 0.390. The third-order valence-corrected chi connectivity index (χ3v) is 2.09. The van der Waals surface area contributed by atoms with Crippen LogP contribution in [0.25, 0.3) is 0 Å². The first-order chi connectivity index (χ1) is 7.35. The lowest BCUT2D eigenvalue weighted by atomic mass is 10.1. The molecule has 4 N–H and O–H groups in total. The van der Waals surface area contributed by atoms with Gasteiger partial charge in [0.05, 0.1) is 11.1 Å². The number of nitrogens with one attached hydrogen (secondary N) is 2. The van der Waals surface area contributed by atoms with Crippen LogP contribution in [0.4, 0.5) is 5.69 Å². The molecule has 1 rings (SSSR count). The van der Waals surface area contributed by atoms with Crippen molar-refractivity contribution in [3.8, 4) is 0 Å². The molecule has 0 aliphatic carbocycles. The monoisotopic (exact) mass is 226 g/mol. The minimum Gasteiger partial charge on any atom is -0.351 e. The van der Waals surface area contributed by atoms with Crippen LogP contribution in [0.1, 0.15) is 24.3 Å². The fourth-order valence-electron chi connectivity index (χ4n) is 1.05. The Kier molecular flexibility index (Phi) is 3.28. The second kappa shape index (κ2) is 4.31. The van der Waals surface area contributed by atoms with Crippen LogP contribution < -0.4 is 11.1 Å². The first-order valence-electron chi connectivity index (χ1n) is 4.71. The van der Waals surface area contributed by atoms with Gasteiger partial charge < -0.3 is 16.0 Å². The number of carbonyl (C=O) groups excluding carboxylic acids is 1. The van der Waals surface area contributed by atoms with E-state index in [0.29, 0.717) is 0 Å². The number of hydrogen-bond donors (Lipinski definition) is 3. The summed E-state index contributed by atoms with van der Waals surface area (Å²) in [5, 5.41) is 13.1. The summed E-state index contributed by atoms with van der Waals surface area (Å²) >= 11 is 0. The van der Waals surface area contributed by atoms with Gasteiger partial charge in [-0.15, -0.1) is 0 Å². The van der Waals surface area contributed by atoms with Crippen LogP contribution in [0.15, 0.2) is 12.3 Å². The van der Waals surface area contributed by atoms with E-state index in [1.807, 2.05) is 0 Å². The lowest BCUT2D eigenvalue weighted by Gasteiger charge is -2.23. The Balaban J connectivity index is 2.77. The van der Waals surface area contributed by atoms with Gasteiger partial charge in [-0.2, -0.15) is 0 Å². The van der Waals surface area contributed by atoms with Crippen molar-refractivity contribution < 1.29 is 9.72 Å². The number of rotatable bonds is 4. The summed E-state index contributed by atoms with van der Waals surface area (Å²) in [6.45, 7) is 3.81. The molecule has 7 nitrogen and oxygen atoms in total. The molecule has 0 aliphatic rings. The second-order valence-electron chi connectivity index (χ2n) is 4.07.